The highest BCUT2D eigenvalue weighted by atomic mass is 19.1. The molecule has 1 heterocycles. The van der Waals surface area contributed by atoms with Crippen molar-refractivity contribution in [2.75, 3.05) is 13.1 Å². The molecule has 0 aromatic heterocycles. The number of rotatable bonds is 2. The lowest BCUT2D eigenvalue weighted by Gasteiger charge is -2.18. The number of amides is 1. The van der Waals surface area contributed by atoms with Crippen LogP contribution in [0.5, 0.6) is 0 Å². The number of alkyl halides is 1. The van der Waals surface area contributed by atoms with Gasteiger partial charge in [0, 0.05) is 18.5 Å². The number of nitrogens with zero attached hydrogens (tertiary/aromatic N) is 1. The quantitative estimate of drug-likeness (QED) is 0.923. The summed E-state index contributed by atoms with van der Waals surface area (Å²) in [7, 11) is 0. The molecule has 2 aromatic rings. The van der Waals surface area contributed by atoms with Crippen molar-refractivity contribution in [3.63, 3.8) is 0 Å². The van der Waals surface area contributed by atoms with Gasteiger partial charge in [0.25, 0.3) is 5.91 Å². The summed E-state index contributed by atoms with van der Waals surface area (Å²) in [6.45, 7) is -0.275. The highest BCUT2D eigenvalue weighted by Gasteiger charge is 2.46. The number of carboxylic acid groups (broad SMARTS) is 1. The van der Waals surface area contributed by atoms with Crippen molar-refractivity contribution in [1.82, 2.24) is 4.90 Å². The highest BCUT2D eigenvalue weighted by molar-refractivity contribution is 5.99. The van der Waals surface area contributed by atoms with Crippen LogP contribution in [0.3, 0.4) is 0 Å². The van der Waals surface area contributed by atoms with E-state index in [0.29, 0.717) is 5.56 Å². The zero-order valence-electron chi connectivity index (χ0n) is 11.3. The van der Waals surface area contributed by atoms with Crippen LogP contribution in [-0.4, -0.2) is 40.6 Å². The molecule has 0 radical (unpaired) electrons. The van der Waals surface area contributed by atoms with Crippen LogP contribution in [0.4, 0.5) is 4.39 Å². The van der Waals surface area contributed by atoms with Crippen LogP contribution in [-0.2, 0) is 4.79 Å². The van der Waals surface area contributed by atoms with Gasteiger partial charge in [-0.25, -0.2) is 9.18 Å². The van der Waals surface area contributed by atoms with Crippen molar-refractivity contribution in [3.05, 3.63) is 48.0 Å². The molecule has 21 heavy (non-hydrogen) atoms. The normalized spacial score (nSPS) is 21.7. The standard InChI is InChI=1S/C16H14FNO3/c17-16(15(20)21)7-8-18(10-16)14(19)13-6-5-11-3-1-2-4-12(11)9-13/h1-6,9H,7-8,10H2,(H,20,21). The minimum absolute atomic E-state index is 0.120. The molecule has 4 nitrogen and oxygen atoms in total. The maximum atomic E-state index is 14.0. The molecule has 5 heteroatoms. The van der Waals surface area contributed by atoms with Gasteiger partial charge < -0.3 is 10.0 Å². The van der Waals surface area contributed by atoms with E-state index in [2.05, 4.69) is 0 Å². The first-order valence-corrected chi connectivity index (χ1v) is 6.70. The molecular formula is C16H14FNO3. The van der Waals surface area contributed by atoms with Crippen LogP contribution in [0, 0.1) is 0 Å². The Labute approximate surface area is 120 Å². The van der Waals surface area contributed by atoms with Crippen LogP contribution in [0.1, 0.15) is 16.8 Å². The van der Waals surface area contributed by atoms with Crippen molar-refractivity contribution >= 4 is 22.6 Å². The molecule has 1 N–H and O–H groups in total. The number of hydrogen-bond acceptors (Lipinski definition) is 2. The first kappa shape index (κ1) is 13.5. The number of halogens is 1. The van der Waals surface area contributed by atoms with E-state index in [4.69, 9.17) is 5.11 Å². The number of hydrogen-bond donors (Lipinski definition) is 1. The van der Waals surface area contributed by atoms with Crippen molar-refractivity contribution < 1.29 is 19.1 Å². The smallest absolute Gasteiger partial charge is 0.343 e. The molecule has 1 fully saturated rings. The molecule has 2 aromatic carbocycles. The zero-order chi connectivity index (χ0) is 15.0. The average molecular weight is 287 g/mol. The van der Waals surface area contributed by atoms with Gasteiger partial charge in [-0.2, -0.15) is 0 Å². The fourth-order valence-corrected chi connectivity index (χ4v) is 2.63. The molecule has 0 aliphatic carbocycles. The highest BCUT2D eigenvalue weighted by Crippen LogP contribution is 2.27. The van der Waals surface area contributed by atoms with E-state index in [1.165, 1.54) is 4.90 Å². The number of fused-ring (bicyclic) bond motifs is 1. The third-order valence-electron chi connectivity index (χ3n) is 3.89. The van der Waals surface area contributed by atoms with Gasteiger partial charge in [0.05, 0.1) is 6.54 Å². The Hall–Kier alpha value is -2.43. The second kappa shape index (κ2) is 4.84. The Kier molecular flexibility index (Phi) is 3.12. The van der Waals surface area contributed by atoms with Gasteiger partial charge in [0.15, 0.2) is 0 Å². The summed E-state index contributed by atoms with van der Waals surface area (Å²) in [5, 5.41) is 10.8. The molecule has 1 aliphatic heterocycles. The molecule has 1 atom stereocenters. The van der Waals surface area contributed by atoms with Crippen LogP contribution < -0.4 is 0 Å². The van der Waals surface area contributed by atoms with Gasteiger partial charge in [-0.3, -0.25) is 4.79 Å². The minimum atomic E-state index is -2.33. The second-order valence-electron chi connectivity index (χ2n) is 5.31. The topological polar surface area (TPSA) is 57.6 Å². The number of carboxylic acids is 1. The van der Waals surface area contributed by atoms with E-state index in [9.17, 15) is 14.0 Å². The first-order valence-electron chi connectivity index (χ1n) is 6.70. The van der Waals surface area contributed by atoms with Crippen molar-refractivity contribution in [1.29, 1.82) is 0 Å². The lowest BCUT2D eigenvalue weighted by molar-refractivity contribution is -0.149. The summed E-state index contributed by atoms with van der Waals surface area (Å²) in [6, 6.07) is 12.9. The lowest BCUT2D eigenvalue weighted by Crippen LogP contribution is -2.38. The molecule has 3 rings (SSSR count). The van der Waals surface area contributed by atoms with Crippen molar-refractivity contribution in [2.45, 2.75) is 12.1 Å². The van der Waals surface area contributed by atoms with Gasteiger partial charge >= 0.3 is 5.97 Å². The second-order valence-corrected chi connectivity index (χ2v) is 5.31. The van der Waals surface area contributed by atoms with E-state index in [0.717, 1.165) is 10.8 Å². The predicted molar refractivity (Wildman–Crippen MR) is 75.9 cm³/mol. The molecule has 1 saturated heterocycles. The maximum Gasteiger partial charge on any atom is 0.343 e. The van der Waals surface area contributed by atoms with Gasteiger partial charge in [0.1, 0.15) is 0 Å². The third-order valence-corrected chi connectivity index (χ3v) is 3.89. The van der Waals surface area contributed by atoms with Crippen molar-refractivity contribution in [2.24, 2.45) is 0 Å². The fraction of sp³-hybridized carbons (Fsp3) is 0.250. The van der Waals surface area contributed by atoms with Crippen LogP contribution >= 0.6 is 0 Å². The van der Waals surface area contributed by atoms with Crippen LogP contribution in [0.25, 0.3) is 10.8 Å². The summed E-state index contributed by atoms with van der Waals surface area (Å²) in [5.74, 6) is -1.84. The average Bonchev–Trinajstić information content (AvgIpc) is 2.90. The summed E-state index contributed by atoms with van der Waals surface area (Å²) in [4.78, 5) is 24.5. The Bertz CT molecular complexity index is 730. The number of carbonyl (C=O) groups is 2. The molecule has 0 bridgehead atoms. The monoisotopic (exact) mass is 287 g/mol. The van der Waals surface area contributed by atoms with Crippen LogP contribution in [0.2, 0.25) is 0 Å². The first-order chi connectivity index (χ1) is 9.99. The van der Waals surface area contributed by atoms with E-state index in [1.807, 2.05) is 30.3 Å². The van der Waals surface area contributed by atoms with Crippen molar-refractivity contribution in [3.8, 4) is 0 Å². The number of aliphatic carboxylic acids is 1. The van der Waals surface area contributed by atoms with Gasteiger partial charge in [-0.05, 0) is 22.9 Å². The number of likely N-dealkylation sites (tertiary alicyclic amines) is 1. The Morgan fingerprint density at radius 3 is 2.52 bits per heavy atom. The molecule has 0 saturated carbocycles. The number of carbonyl (C=O) groups excluding carboxylic acids is 1. The molecular weight excluding hydrogens is 273 g/mol. The van der Waals surface area contributed by atoms with Gasteiger partial charge in [-0.15, -0.1) is 0 Å². The fourth-order valence-electron chi connectivity index (χ4n) is 2.63. The maximum absolute atomic E-state index is 14.0. The molecule has 1 aliphatic rings. The van der Waals surface area contributed by atoms with Crippen LogP contribution in [0.15, 0.2) is 42.5 Å². The van der Waals surface area contributed by atoms with E-state index < -0.39 is 18.2 Å². The molecule has 1 unspecified atom stereocenters. The Morgan fingerprint density at radius 1 is 1.14 bits per heavy atom. The lowest BCUT2D eigenvalue weighted by atomic mass is 10.1. The SMILES string of the molecule is O=C(c1ccc2ccccc2c1)N1CCC(F)(C(=O)O)C1. The van der Waals surface area contributed by atoms with E-state index >= 15 is 0 Å². The Morgan fingerprint density at radius 2 is 1.86 bits per heavy atom. The zero-order valence-corrected chi connectivity index (χ0v) is 11.3. The minimum Gasteiger partial charge on any atom is -0.479 e. The van der Waals surface area contributed by atoms with Gasteiger partial charge in [0.2, 0.25) is 5.67 Å². The Balaban J connectivity index is 1.86. The van der Waals surface area contributed by atoms with Gasteiger partial charge in [-0.1, -0.05) is 30.3 Å². The summed E-state index contributed by atoms with van der Waals surface area (Å²) in [6.07, 6.45) is -0.165. The number of benzene rings is 2. The largest absolute Gasteiger partial charge is 0.479 e. The summed E-state index contributed by atoms with van der Waals surface area (Å²) >= 11 is 0. The molecule has 1 amide bonds. The van der Waals surface area contributed by atoms with E-state index in [1.54, 1.807) is 12.1 Å². The third kappa shape index (κ3) is 2.35. The summed E-state index contributed by atoms with van der Waals surface area (Å²) in [5.41, 5.74) is -1.88. The predicted octanol–water partition coefficient (Wildman–Crippen LogP) is 2.48. The summed E-state index contributed by atoms with van der Waals surface area (Å²) < 4.78 is 14.0. The van der Waals surface area contributed by atoms with E-state index in [-0.39, 0.29) is 18.9 Å². The molecule has 108 valence electrons. The molecule has 0 spiro atoms.